The number of hydrogen-bond donors (Lipinski definition) is 1. The number of benzene rings is 1. The quantitative estimate of drug-likeness (QED) is 0.625. The molecular formula is C10H7FN2OS. The number of rotatable bonds is 2. The van der Waals surface area contributed by atoms with Gasteiger partial charge in [0.15, 0.2) is 0 Å². The Morgan fingerprint density at radius 1 is 1.40 bits per heavy atom. The van der Waals surface area contributed by atoms with E-state index in [0.717, 1.165) is 11.5 Å². The van der Waals surface area contributed by atoms with Crippen LogP contribution in [-0.2, 0) is 0 Å². The topological polar surface area (TPSA) is 56.0 Å². The number of halogens is 1. The molecule has 0 saturated heterocycles. The number of nitrogens with zero attached hydrogens (tertiary/aromatic N) is 1. The highest BCUT2D eigenvalue weighted by molar-refractivity contribution is 7.08. The molecule has 2 aromatic rings. The number of carbonyl (C=O) groups excluding carboxylic acids is 1. The Labute approximate surface area is 89.5 Å². The summed E-state index contributed by atoms with van der Waals surface area (Å²) in [6, 6.07) is 5.48. The van der Waals surface area contributed by atoms with Crippen LogP contribution in [-0.4, -0.2) is 10.2 Å². The molecule has 0 spiro atoms. The molecule has 0 aliphatic heterocycles. The van der Waals surface area contributed by atoms with Crippen LogP contribution < -0.4 is 5.73 Å². The lowest BCUT2D eigenvalue weighted by Crippen LogP contribution is -2.03. The zero-order chi connectivity index (χ0) is 10.8. The van der Waals surface area contributed by atoms with Gasteiger partial charge in [-0.15, -0.1) is 0 Å². The minimum absolute atomic E-state index is 0.0146. The first kappa shape index (κ1) is 9.79. The lowest BCUT2D eigenvalue weighted by atomic mass is 10.1. The van der Waals surface area contributed by atoms with Crippen molar-refractivity contribution in [2.24, 2.45) is 0 Å². The second kappa shape index (κ2) is 3.78. The van der Waals surface area contributed by atoms with Gasteiger partial charge < -0.3 is 5.73 Å². The fourth-order valence-electron chi connectivity index (χ4n) is 1.18. The molecule has 0 amide bonds. The molecule has 1 aromatic carbocycles. The Kier molecular flexibility index (Phi) is 2.47. The van der Waals surface area contributed by atoms with Crippen LogP contribution >= 0.6 is 11.5 Å². The van der Waals surface area contributed by atoms with E-state index in [2.05, 4.69) is 4.37 Å². The van der Waals surface area contributed by atoms with Crippen molar-refractivity contribution in [3.63, 3.8) is 0 Å². The average molecular weight is 222 g/mol. The van der Waals surface area contributed by atoms with Crippen LogP contribution in [0.4, 0.5) is 10.1 Å². The summed E-state index contributed by atoms with van der Waals surface area (Å²) in [4.78, 5) is 12.2. The Morgan fingerprint density at radius 2 is 2.20 bits per heavy atom. The molecule has 1 heterocycles. The van der Waals surface area contributed by atoms with Gasteiger partial charge in [-0.3, -0.25) is 4.79 Å². The van der Waals surface area contributed by atoms with Gasteiger partial charge in [0, 0.05) is 11.9 Å². The number of nitrogen functional groups attached to an aromatic ring is 1. The van der Waals surface area contributed by atoms with Gasteiger partial charge in [-0.25, -0.2) is 8.76 Å². The number of anilines is 1. The SMILES string of the molecule is Nc1ccc(F)c(C(=O)c2ccns2)c1. The third-order valence-corrected chi connectivity index (χ3v) is 2.64. The molecule has 2 N–H and O–H groups in total. The van der Waals surface area contributed by atoms with Crippen LogP contribution in [0.5, 0.6) is 0 Å². The van der Waals surface area contributed by atoms with E-state index in [4.69, 9.17) is 5.73 Å². The molecule has 0 aliphatic carbocycles. The summed E-state index contributed by atoms with van der Waals surface area (Å²) in [6.07, 6.45) is 1.50. The third kappa shape index (κ3) is 1.87. The maximum absolute atomic E-state index is 13.3. The molecule has 0 radical (unpaired) electrons. The predicted molar refractivity (Wildman–Crippen MR) is 56.4 cm³/mol. The van der Waals surface area contributed by atoms with Crippen LogP contribution in [0.15, 0.2) is 30.5 Å². The number of aromatic nitrogens is 1. The molecular weight excluding hydrogens is 215 g/mol. The molecule has 0 unspecified atom stereocenters. The first-order valence-electron chi connectivity index (χ1n) is 4.19. The molecule has 2 rings (SSSR count). The normalized spacial score (nSPS) is 10.2. The van der Waals surface area contributed by atoms with Crippen molar-refractivity contribution >= 4 is 23.0 Å². The second-order valence-corrected chi connectivity index (χ2v) is 3.78. The summed E-state index contributed by atoms with van der Waals surface area (Å²) >= 11 is 1.03. The van der Waals surface area contributed by atoms with Crippen molar-refractivity contribution in [2.75, 3.05) is 5.73 Å². The van der Waals surface area contributed by atoms with E-state index in [0.29, 0.717) is 10.6 Å². The van der Waals surface area contributed by atoms with Gasteiger partial charge in [-0.1, -0.05) is 0 Å². The maximum Gasteiger partial charge on any atom is 0.207 e. The fourth-order valence-corrected chi connectivity index (χ4v) is 1.73. The van der Waals surface area contributed by atoms with Crippen LogP contribution in [0.3, 0.4) is 0 Å². The number of carbonyl (C=O) groups is 1. The number of ketones is 1. The molecule has 0 aliphatic rings. The van der Waals surface area contributed by atoms with Crippen LogP contribution in [0.2, 0.25) is 0 Å². The zero-order valence-corrected chi connectivity index (χ0v) is 8.42. The van der Waals surface area contributed by atoms with E-state index < -0.39 is 5.82 Å². The van der Waals surface area contributed by atoms with Gasteiger partial charge in [-0.05, 0) is 35.8 Å². The molecule has 5 heteroatoms. The summed E-state index contributed by atoms with van der Waals surface area (Å²) in [6.45, 7) is 0. The van der Waals surface area contributed by atoms with Gasteiger partial charge in [0.2, 0.25) is 5.78 Å². The Bertz CT molecular complexity index is 496. The Balaban J connectivity index is 2.46. The van der Waals surface area contributed by atoms with E-state index in [9.17, 15) is 9.18 Å². The lowest BCUT2D eigenvalue weighted by Gasteiger charge is -2.01. The van der Waals surface area contributed by atoms with Crippen molar-refractivity contribution in [3.8, 4) is 0 Å². The summed E-state index contributed by atoms with van der Waals surface area (Å²) in [5.41, 5.74) is 5.84. The van der Waals surface area contributed by atoms with E-state index in [1.54, 1.807) is 6.07 Å². The number of nitrogens with two attached hydrogens (primary N) is 1. The summed E-state index contributed by atoms with van der Waals surface area (Å²) in [5, 5.41) is 0. The standard InChI is InChI=1S/C10H7FN2OS/c11-8-2-1-6(12)5-7(8)10(14)9-3-4-13-15-9/h1-5H,12H2. The van der Waals surface area contributed by atoms with E-state index in [1.165, 1.54) is 24.4 Å². The largest absolute Gasteiger partial charge is 0.399 e. The first-order valence-corrected chi connectivity index (χ1v) is 4.96. The zero-order valence-electron chi connectivity index (χ0n) is 7.61. The molecule has 0 atom stereocenters. The van der Waals surface area contributed by atoms with Gasteiger partial charge >= 0.3 is 0 Å². The molecule has 3 nitrogen and oxygen atoms in total. The van der Waals surface area contributed by atoms with Crippen molar-refractivity contribution in [1.29, 1.82) is 0 Å². The Hall–Kier alpha value is -1.75. The average Bonchev–Trinajstić information content (AvgIpc) is 2.74. The van der Waals surface area contributed by atoms with Crippen molar-refractivity contribution in [1.82, 2.24) is 4.37 Å². The smallest absolute Gasteiger partial charge is 0.207 e. The van der Waals surface area contributed by atoms with Crippen molar-refractivity contribution in [2.45, 2.75) is 0 Å². The first-order chi connectivity index (χ1) is 7.18. The van der Waals surface area contributed by atoms with E-state index in [-0.39, 0.29) is 11.3 Å². The van der Waals surface area contributed by atoms with Crippen molar-refractivity contribution < 1.29 is 9.18 Å². The van der Waals surface area contributed by atoms with Crippen LogP contribution in [0, 0.1) is 5.82 Å². The highest BCUT2D eigenvalue weighted by Crippen LogP contribution is 2.18. The highest BCUT2D eigenvalue weighted by atomic mass is 32.1. The summed E-state index contributed by atoms with van der Waals surface area (Å²) in [7, 11) is 0. The Morgan fingerprint density at radius 3 is 2.87 bits per heavy atom. The molecule has 0 bridgehead atoms. The second-order valence-electron chi connectivity index (χ2n) is 2.95. The highest BCUT2D eigenvalue weighted by Gasteiger charge is 2.15. The van der Waals surface area contributed by atoms with Crippen LogP contribution in [0.25, 0.3) is 0 Å². The van der Waals surface area contributed by atoms with Gasteiger partial charge in [0.05, 0.1) is 10.4 Å². The molecule has 15 heavy (non-hydrogen) atoms. The van der Waals surface area contributed by atoms with E-state index in [1.807, 2.05) is 0 Å². The fraction of sp³-hybridized carbons (Fsp3) is 0. The monoisotopic (exact) mass is 222 g/mol. The minimum Gasteiger partial charge on any atom is -0.399 e. The van der Waals surface area contributed by atoms with Gasteiger partial charge in [0.25, 0.3) is 0 Å². The van der Waals surface area contributed by atoms with Crippen molar-refractivity contribution in [3.05, 3.63) is 46.7 Å². The lowest BCUT2D eigenvalue weighted by molar-refractivity contribution is 0.103. The minimum atomic E-state index is -0.567. The summed E-state index contributed by atoms with van der Waals surface area (Å²) in [5.74, 6) is -0.954. The summed E-state index contributed by atoms with van der Waals surface area (Å²) < 4.78 is 17.1. The van der Waals surface area contributed by atoms with Gasteiger partial charge in [-0.2, -0.15) is 0 Å². The van der Waals surface area contributed by atoms with Crippen LogP contribution in [0.1, 0.15) is 15.2 Å². The van der Waals surface area contributed by atoms with Gasteiger partial charge in [0.1, 0.15) is 5.82 Å². The molecule has 76 valence electrons. The predicted octanol–water partition coefficient (Wildman–Crippen LogP) is 2.10. The third-order valence-electron chi connectivity index (χ3n) is 1.90. The number of hydrogen-bond acceptors (Lipinski definition) is 4. The molecule has 1 aromatic heterocycles. The molecule has 0 saturated carbocycles. The molecule has 0 fully saturated rings. The maximum atomic E-state index is 13.3. The van der Waals surface area contributed by atoms with E-state index >= 15 is 0 Å².